The number of aromatic nitrogens is 3. The molecule has 0 aliphatic carbocycles. The number of ether oxygens (including phenoxy) is 1. The molecule has 0 radical (unpaired) electrons. The van der Waals surface area contributed by atoms with Crippen LogP contribution in [0.15, 0.2) is 36.7 Å². The second-order valence-corrected chi connectivity index (χ2v) is 15.7. The van der Waals surface area contributed by atoms with Gasteiger partial charge >= 0.3 is 0 Å². The van der Waals surface area contributed by atoms with E-state index in [1.807, 2.05) is 23.9 Å². The molecule has 0 fully saturated rings. The molecule has 2 aromatic heterocycles. The number of pyridine rings is 1. The number of carbonyl (C=O) groups is 1. The first-order valence-corrected chi connectivity index (χ1v) is 15.4. The molecule has 34 heavy (non-hydrogen) atoms. The summed E-state index contributed by atoms with van der Waals surface area (Å²) in [4.78, 5) is 18.6. The molecule has 2 N–H and O–H groups in total. The number of anilines is 3. The van der Waals surface area contributed by atoms with Crippen LogP contribution in [0.25, 0.3) is 11.3 Å². The smallest absolute Gasteiger partial charge is 0.254 e. The van der Waals surface area contributed by atoms with E-state index < -0.39 is 8.07 Å². The number of para-hydroxylation sites is 1. The monoisotopic (exact) mass is 498 g/mol. The van der Waals surface area contributed by atoms with Crippen molar-refractivity contribution in [3.63, 3.8) is 0 Å². The van der Waals surface area contributed by atoms with E-state index in [1.54, 1.807) is 13.1 Å². The summed E-state index contributed by atoms with van der Waals surface area (Å²) >= 11 is 6.13. The molecule has 0 spiro atoms. The van der Waals surface area contributed by atoms with Crippen LogP contribution in [0.4, 0.5) is 17.1 Å². The number of nitrogens with zero attached hydrogens (tertiary/aromatic N) is 4. The van der Waals surface area contributed by atoms with Gasteiger partial charge in [0.15, 0.2) is 0 Å². The lowest BCUT2D eigenvalue weighted by Crippen LogP contribution is -2.23. The standard InChI is InChI=1S/C24H31ClN6O2Si/c1-26-24(32)18-12-27-21(25)11-20(18)28-19-8-6-7-17-22-16(13-30(2)23(17)19)14-31(29-22)15-33-9-10-34(3,4)5/h6-8,11-12,14H,9-10,13,15H2,1-5H3,(H,26,32)(H,27,28). The average molecular weight is 499 g/mol. The lowest BCUT2D eigenvalue weighted by molar-refractivity contribution is 0.0787. The minimum absolute atomic E-state index is 0.236. The zero-order chi connectivity index (χ0) is 24.5. The number of halogens is 1. The minimum Gasteiger partial charge on any atom is -0.368 e. The van der Waals surface area contributed by atoms with E-state index in [0.29, 0.717) is 23.1 Å². The second kappa shape index (κ2) is 9.77. The number of nitrogens with one attached hydrogen (secondary N) is 2. The first-order chi connectivity index (χ1) is 16.2. The van der Waals surface area contributed by atoms with E-state index >= 15 is 0 Å². The van der Waals surface area contributed by atoms with Crippen molar-refractivity contribution in [1.82, 2.24) is 20.1 Å². The van der Waals surface area contributed by atoms with Crippen molar-refractivity contribution in [3.8, 4) is 11.3 Å². The largest absolute Gasteiger partial charge is 0.368 e. The molecule has 10 heteroatoms. The van der Waals surface area contributed by atoms with Crippen molar-refractivity contribution in [1.29, 1.82) is 0 Å². The summed E-state index contributed by atoms with van der Waals surface area (Å²) in [6.45, 7) is 8.96. The Balaban J connectivity index is 1.62. The summed E-state index contributed by atoms with van der Waals surface area (Å²) < 4.78 is 7.78. The van der Waals surface area contributed by atoms with Crippen LogP contribution in [-0.4, -0.2) is 49.4 Å². The lowest BCUT2D eigenvalue weighted by atomic mass is 9.99. The predicted octanol–water partition coefficient (Wildman–Crippen LogP) is 4.96. The highest BCUT2D eigenvalue weighted by molar-refractivity contribution is 6.76. The summed E-state index contributed by atoms with van der Waals surface area (Å²) in [5, 5.41) is 11.2. The Bertz CT molecular complexity index is 1210. The third kappa shape index (κ3) is 5.27. The molecule has 0 atom stereocenters. The molecular formula is C24H31ClN6O2Si. The lowest BCUT2D eigenvalue weighted by Gasteiger charge is -2.29. The molecule has 0 unspecified atom stereocenters. The van der Waals surface area contributed by atoms with Gasteiger partial charge in [-0.1, -0.05) is 43.4 Å². The van der Waals surface area contributed by atoms with Crippen LogP contribution in [0, 0.1) is 0 Å². The van der Waals surface area contributed by atoms with Crippen LogP contribution in [0.3, 0.4) is 0 Å². The Morgan fingerprint density at radius 1 is 1.26 bits per heavy atom. The van der Waals surface area contributed by atoms with Crippen molar-refractivity contribution in [2.24, 2.45) is 0 Å². The highest BCUT2D eigenvalue weighted by atomic mass is 35.5. The Morgan fingerprint density at radius 3 is 2.79 bits per heavy atom. The molecule has 3 aromatic rings. The van der Waals surface area contributed by atoms with Gasteiger partial charge in [0.25, 0.3) is 5.91 Å². The normalized spacial score (nSPS) is 12.8. The topological polar surface area (TPSA) is 84.3 Å². The van der Waals surface area contributed by atoms with Crippen molar-refractivity contribution >= 4 is 42.6 Å². The summed E-state index contributed by atoms with van der Waals surface area (Å²) in [6.07, 6.45) is 3.54. The minimum atomic E-state index is -1.12. The number of hydrogen-bond acceptors (Lipinski definition) is 6. The Morgan fingerprint density at radius 2 is 2.06 bits per heavy atom. The average Bonchev–Trinajstić information content (AvgIpc) is 3.19. The fourth-order valence-corrected chi connectivity index (χ4v) is 4.90. The summed E-state index contributed by atoms with van der Waals surface area (Å²) in [5.74, 6) is -0.236. The van der Waals surface area contributed by atoms with Crippen molar-refractivity contribution < 1.29 is 9.53 Å². The molecule has 4 rings (SSSR count). The molecule has 180 valence electrons. The molecule has 1 aliphatic heterocycles. The van der Waals surface area contributed by atoms with Crippen LogP contribution < -0.4 is 15.5 Å². The first kappa shape index (κ1) is 24.2. The summed E-state index contributed by atoms with van der Waals surface area (Å²) in [5.41, 5.74) is 6.01. The van der Waals surface area contributed by atoms with Crippen molar-refractivity contribution in [3.05, 3.63) is 52.9 Å². The molecule has 1 amide bonds. The Hall–Kier alpha value is -2.88. The van der Waals surface area contributed by atoms with Gasteiger partial charge in [-0.25, -0.2) is 9.67 Å². The van der Waals surface area contributed by atoms with E-state index in [2.05, 4.69) is 52.4 Å². The predicted molar refractivity (Wildman–Crippen MR) is 140 cm³/mol. The van der Waals surface area contributed by atoms with Crippen LogP contribution in [0.1, 0.15) is 15.9 Å². The van der Waals surface area contributed by atoms with E-state index in [-0.39, 0.29) is 5.91 Å². The van der Waals surface area contributed by atoms with E-state index in [0.717, 1.165) is 47.4 Å². The SMILES string of the molecule is CNC(=O)c1cnc(Cl)cc1Nc1cccc2c1N(C)Cc1cn(COCC[Si](C)(C)C)nc1-2. The van der Waals surface area contributed by atoms with Crippen LogP contribution in [0.5, 0.6) is 0 Å². The van der Waals surface area contributed by atoms with Gasteiger partial charge < -0.3 is 20.3 Å². The van der Waals surface area contributed by atoms with E-state index in [4.69, 9.17) is 21.4 Å². The second-order valence-electron chi connectivity index (χ2n) is 9.70. The summed E-state index contributed by atoms with van der Waals surface area (Å²) in [6, 6.07) is 8.82. The zero-order valence-electron chi connectivity index (χ0n) is 20.3. The Kier molecular flexibility index (Phi) is 6.97. The maximum atomic E-state index is 12.4. The zero-order valence-corrected chi connectivity index (χ0v) is 22.0. The number of amides is 1. The number of benzene rings is 1. The molecule has 1 aromatic carbocycles. The maximum absolute atomic E-state index is 12.4. The fraction of sp³-hybridized carbons (Fsp3) is 0.375. The van der Waals surface area contributed by atoms with Gasteiger partial charge in [0, 0.05) is 58.8 Å². The van der Waals surface area contributed by atoms with Crippen LogP contribution in [0.2, 0.25) is 30.8 Å². The van der Waals surface area contributed by atoms with Gasteiger partial charge in [-0.05, 0) is 18.2 Å². The third-order valence-electron chi connectivity index (χ3n) is 5.75. The van der Waals surface area contributed by atoms with Crippen LogP contribution >= 0.6 is 11.6 Å². The number of hydrogen-bond donors (Lipinski definition) is 2. The van der Waals surface area contributed by atoms with Gasteiger partial charge in [-0.2, -0.15) is 5.10 Å². The van der Waals surface area contributed by atoms with Gasteiger partial charge in [0.05, 0.1) is 28.3 Å². The van der Waals surface area contributed by atoms with Crippen molar-refractivity contribution in [2.75, 3.05) is 30.9 Å². The fourth-order valence-electron chi connectivity index (χ4n) is 3.98. The first-order valence-electron chi connectivity index (χ1n) is 11.3. The third-order valence-corrected chi connectivity index (χ3v) is 7.66. The maximum Gasteiger partial charge on any atom is 0.254 e. The quantitative estimate of drug-likeness (QED) is 0.259. The van der Waals surface area contributed by atoms with Crippen LogP contribution in [-0.2, 0) is 18.0 Å². The van der Waals surface area contributed by atoms with Gasteiger partial charge in [0.1, 0.15) is 11.9 Å². The van der Waals surface area contributed by atoms with Gasteiger partial charge in [-0.15, -0.1) is 0 Å². The highest BCUT2D eigenvalue weighted by Crippen LogP contribution is 2.43. The number of fused-ring (bicyclic) bond motifs is 3. The molecule has 0 bridgehead atoms. The summed E-state index contributed by atoms with van der Waals surface area (Å²) in [7, 11) is 2.52. The van der Waals surface area contributed by atoms with Gasteiger partial charge in [-0.3, -0.25) is 4.79 Å². The molecule has 3 heterocycles. The van der Waals surface area contributed by atoms with E-state index in [9.17, 15) is 4.79 Å². The Labute approximate surface area is 206 Å². The molecule has 0 saturated carbocycles. The number of carbonyl (C=O) groups excluding carboxylic acids is 1. The molecule has 0 saturated heterocycles. The molecule has 1 aliphatic rings. The highest BCUT2D eigenvalue weighted by Gasteiger charge is 2.26. The molecular weight excluding hydrogens is 468 g/mol. The van der Waals surface area contributed by atoms with Gasteiger partial charge in [0.2, 0.25) is 0 Å². The number of rotatable bonds is 8. The van der Waals surface area contributed by atoms with Crippen molar-refractivity contribution in [2.45, 2.75) is 39.0 Å². The molecule has 8 nitrogen and oxygen atoms in total. The van der Waals surface area contributed by atoms with E-state index in [1.165, 1.54) is 6.20 Å².